The summed E-state index contributed by atoms with van der Waals surface area (Å²) in [6.07, 6.45) is 0. The molecule has 5 heavy (non-hydrogen) atoms. The molecule has 0 nitrogen and oxygen atoms in total. The quantitative estimate of drug-likeness (QED) is 0.365. The molecule has 0 aromatic carbocycles. The zero-order valence-corrected chi connectivity index (χ0v) is 7.24. The van der Waals surface area contributed by atoms with Crippen molar-refractivity contribution in [3.05, 3.63) is 0 Å². The second kappa shape index (κ2) is 17.3. The summed E-state index contributed by atoms with van der Waals surface area (Å²) in [6.45, 7) is 0. The van der Waals surface area contributed by atoms with Crippen molar-refractivity contribution in [3.8, 4) is 0 Å². The zero-order chi connectivity index (χ0) is 2.71. The summed E-state index contributed by atoms with van der Waals surface area (Å²) in [7, 11) is 6.06. The van der Waals surface area contributed by atoms with Gasteiger partial charge in [-0.15, -0.1) is 0 Å². The van der Waals surface area contributed by atoms with Gasteiger partial charge in [-0.3, -0.25) is 0 Å². The summed E-state index contributed by atoms with van der Waals surface area (Å²) in [5, 5.41) is 0. The summed E-state index contributed by atoms with van der Waals surface area (Å²) < 4.78 is 0. The van der Waals surface area contributed by atoms with Crippen molar-refractivity contribution in [2.45, 2.75) is 5.94 Å². The second-order valence-corrected chi connectivity index (χ2v) is 1.22. The minimum absolute atomic E-state index is 0. The van der Waals surface area contributed by atoms with Gasteiger partial charge in [0.15, 0.2) is 17.4 Å². The Kier molecular flexibility index (Phi) is 55.0. The zero-order valence-electron chi connectivity index (χ0n) is 2.78. The molecule has 26 valence electrons. The van der Waals surface area contributed by atoms with E-state index in [9.17, 15) is 0 Å². The normalized spacial score (nSPS) is 4.00. The average Bonchev–Trinajstić information content (AvgIpc) is 0.918. The SMILES string of the molecule is [AlH3].[B]C[SiH3].[Zr]. The second-order valence-electron chi connectivity index (χ2n) is 0.408. The van der Waals surface area contributed by atoms with Gasteiger partial charge in [-0.2, -0.15) is 0 Å². The van der Waals surface area contributed by atoms with Crippen molar-refractivity contribution in [1.29, 1.82) is 0 Å². The van der Waals surface area contributed by atoms with Crippen LogP contribution in [0.2, 0.25) is 5.94 Å². The Morgan fingerprint density at radius 1 is 1.60 bits per heavy atom. The monoisotopic (exact) mass is 176 g/mol. The van der Waals surface area contributed by atoms with E-state index in [2.05, 4.69) is 0 Å². The van der Waals surface area contributed by atoms with Gasteiger partial charge in [-0.1, -0.05) is 5.94 Å². The number of rotatable bonds is 0. The molecule has 0 aliphatic heterocycles. The molecule has 0 aromatic heterocycles. The van der Waals surface area contributed by atoms with Crippen molar-refractivity contribution in [3.63, 3.8) is 0 Å². The maximum atomic E-state index is 4.91. The van der Waals surface area contributed by atoms with Crippen molar-refractivity contribution >= 4 is 35.4 Å². The van der Waals surface area contributed by atoms with E-state index in [0.717, 1.165) is 16.2 Å². The summed E-state index contributed by atoms with van der Waals surface area (Å²) in [4.78, 5) is 0. The Balaban J connectivity index is -0.0000000200. The van der Waals surface area contributed by atoms with E-state index in [1.54, 1.807) is 0 Å². The minimum Gasteiger partial charge on any atom is -0.1000 e. The van der Waals surface area contributed by atoms with E-state index >= 15 is 0 Å². The summed E-state index contributed by atoms with van der Waals surface area (Å²) in [5.41, 5.74) is 0. The molecule has 0 saturated heterocycles. The van der Waals surface area contributed by atoms with Crippen molar-refractivity contribution in [2.75, 3.05) is 0 Å². The van der Waals surface area contributed by atoms with E-state index in [1.807, 2.05) is 0 Å². The standard InChI is InChI=1S/CH5BSi.Al.Zr.3H/c2-1-3;;;;;/h1H2,3H3;;;;;. The first-order chi connectivity index (χ1) is 1.41. The van der Waals surface area contributed by atoms with Crippen LogP contribution in [0.5, 0.6) is 0 Å². The molecule has 4 heteroatoms. The Labute approximate surface area is 67.2 Å². The van der Waals surface area contributed by atoms with Gasteiger partial charge in [-0.25, -0.2) is 0 Å². The molecule has 0 amide bonds. The van der Waals surface area contributed by atoms with Crippen LogP contribution < -0.4 is 0 Å². The first-order valence-corrected chi connectivity index (χ1v) is 2.53. The Hall–Kier alpha value is 1.70. The predicted octanol–water partition coefficient (Wildman–Crippen LogP) is -2.29. The fourth-order valence-electron chi connectivity index (χ4n) is 0. The van der Waals surface area contributed by atoms with Gasteiger partial charge in [0.25, 0.3) is 0 Å². The molecule has 0 N–H and O–H groups in total. The Morgan fingerprint density at radius 3 is 1.60 bits per heavy atom. The van der Waals surface area contributed by atoms with Crippen molar-refractivity contribution < 1.29 is 26.2 Å². The smallest absolute Gasteiger partial charge is 0.1000 e. The third-order valence-electron chi connectivity index (χ3n) is 0. The van der Waals surface area contributed by atoms with E-state index in [0.29, 0.717) is 0 Å². The maximum absolute atomic E-state index is 4.91. The molecular formula is CH8AlBSiZr. The molecule has 0 atom stereocenters. The van der Waals surface area contributed by atoms with Gasteiger partial charge in [0.2, 0.25) is 0 Å². The van der Waals surface area contributed by atoms with E-state index in [1.165, 1.54) is 0 Å². The van der Waals surface area contributed by atoms with Gasteiger partial charge in [-0.05, 0) is 10.2 Å². The molecule has 0 saturated carbocycles. The van der Waals surface area contributed by atoms with Gasteiger partial charge in [0.1, 0.15) is 0 Å². The summed E-state index contributed by atoms with van der Waals surface area (Å²) in [5.74, 6) is 0.889. The molecule has 0 aliphatic carbocycles. The third kappa shape index (κ3) is 27.0. The van der Waals surface area contributed by atoms with Gasteiger partial charge < -0.3 is 0 Å². The minimum atomic E-state index is 0. The topological polar surface area (TPSA) is 0 Å². The molecule has 0 aliphatic rings. The van der Waals surface area contributed by atoms with E-state index < -0.39 is 0 Å². The number of hydrogen-bond acceptors (Lipinski definition) is 0. The summed E-state index contributed by atoms with van der Waals surface area (Å²) >= 11 is 0. The number of hydrogen-bond donors (Lipinski definition) is 0. The van der Waals surface area contributed by atoms with Crippen LogP contribution in [0, 0.1) is 0 Å². The van der Waals surface area contributed by atoms with Gasteiger partial charge in [0, 0.05) is 26.2 Å². The first kappa shape index (κ1) is 15.9. The molecule has 0 rings (SSSR count). The predicted molar refractivity (Wildman–Crippen MR) is 30.4 cm³/mol. The van der Waals surface area contributed by atoms with Crippen LogP contribution in [-0.2, 0) is 26.2 Å². The van der Waals surface area contributed by atoms with Crippen LogP contribution >= 0.6 is 0 Å². The van der Waals surface area contributed by atoms with Crippen LogP contribution in [-0.4, -0.2) is 35.4 Å². The van der Waals surface area contributed by atoms with Crippen LogP contribution in [0.15, 0.2) is 0 Å². The van der Waals surface area contributed by atoms with Crippen LogP contribution in [0.3, 0.4) is 0 Å². The largest absolute Gasteiger partial charge is 0.187 e. The molecule has 2 radical (unpaired) electrons. The molecule has 0 aromatic rings. The van der Waals surface area contributed by atoms with Gasteiger partial charge in [0.05, 0.1) is 7.85 Å². The van der Waals surface area contributed by atoms with Crippen LogP contribution in [0.1, 0.15) is 0 Å². The molecule has 0 heterocycles. The third-order valence-corrected chi connectivity index (χ3v) is 0. The molecule has 0 spiro atoms. The van der Waals surface area contributed by atoms with Crippen LogP contribution in [0.4, 0.5) is 0 Å². The first-order valence-electron chi connectivity index (χ1n) is 1.12. The average molecular weight is 177 g/mol. The molecular weight excluding hydrogens is 169 g/mol. The Morgan fingerprint density at radius 2 is 1.60 bits per heavy atom. The summed E-state index contributed by atoms with van der Waals surface area (Å²) in [6, 6.07) is 0. The van der Waals surface area contributed by atoms with Crippen molar-refractivity contribution in [2.24, 2.45) is 0 Å². The van der Waals surface area contributed by atoms with Gasteiger partial charge >= 0.3 is 0 Å². The van der Waals surface area contributed by atoms with Crippen molar-refractivity contribution in [1.82, 2.24) is 0 Å². The fraction of sp³-hybridized carbons (Fsp3) is 1.00. The maximum Gasteiger partial charge on any atom is 0.187 e. The van der Waals surface area contributed by atoms with E-state index in [4.69, 9.17) is 7.85 Å². The Bertz CT molecular complexity index is 11.6. The van der Waals surface area contributed by atoms with Crippen LogP contribution in [0.25, 0.3) is 0 Å². The fourth-order valence-corrected chi connectivity index (χ4v) is 0. The molecule has 0 fully saturated rings. The van der Waals surface area contributed by atoms with E-state index in [-0.39, 0.29) is 43.6 Å². The molecule has 0 unspecified atom stereocenters. The molecule has 0 bridgehead atoms.